The van der Waals surface area contributed by atoms with E-state index in [9.17, 15) is 9.59 Å². The number of benzene rings is 1. The molecule has 4 heteroatoms. The van der Waals surface area contributed by atoms with Crippen LogP contribution in [0.15, 0.2) is 24.3 Å². The molecule has 4 nitrogen and oxygen atoms in total. The van der Waals surface area contributed by atoms with Gasteiger partial charge in [0.1, 0.15) is 0 Å². The van der Waals surface area contributed by atoms with E-state index in [4.69, 9.17) is 0 Å². The summed E-state index contributed by atoms with van der Waals surface area (Å²) in [5.41, 5.74) is 1.83. The first-order chi connectivity index (χ1) is 11.6. The van der Waals surface area contributed by atoms with Gasteiger partial charge in [-0.15, -0.1) is 0 Å². The Balaban J connectivity index is 1.65. The van der Waals surface area contributed by atoms with E-state index in [-0.39, 0.29) is 11.8 Å². The fraction of sp³-hybridized carbons (Fsp3) is 0.600. The summed E-state index contributed by atoms with van der Waals surface area (Å²) < 4.78 is 0. The molecule has 0 spiro atoms. The Hall–Kier alpha value is -1.84. The van der Waals surface area contributed by atoms with Gasteiger partial charge >= 0.3 is 0 Å². The van der Waals surface area contributed by atoms with Crippen molar-refractivity contribution >= 4 is 11.8 Å². The highest BCUT2D eigenvalue weighted by Gasteiger charge is 2.13. The summed E-state index contributed by atoms with van der Waals surface area (Å²) in [6, 6.07) is 7.64. The van der Waals surface area contributed by atoms with Crippen molar-refractivity contribution in [3.8, 4) is 0 Å². The maximum absolute atomic E-state index is 12.1. The van der Waals surface area contributed by atoms with Crippen molar-refractivity contribution in [3.63, 3.8) is 0 Å². The minimum absolute atomic E-state index is 0.00653. The van der Waals surface area contributed by atoms with E-state index in [1.54, 1.807) is 0 Å². The molecule has 0 aliphatic heterocycles. The number of amides is 2. The number of hydrogen-bond acceptors (Lipinski definition) is 2. The molecule has 0 radical (unpaired) electrons. The van der Waals surface area contributed by atoms with Gasteiger partial charge in [0.05, 0.1) is 0 Å². The minimum Gasteiger partial charge on any atom is -0.356 e. The standard InChI is InChI=1S/C20H30N2O2/c1-16(23)21-15-13-18-9-11-19(12-10-18)20(24)22-14-5-8-17-6-3-2-4-7-17/h9-12,17H,2-8,13-15H2,1H3,(H,21,23)(H,22,24). The van der Waals surface area contributed by atoms with Crippen LogP contribution in [0.5, 0.6) is 0 Å². The number of rotatable bonds is 8. The summed E-state index contributed by atoms with van der Waals surface area (Å²) in [5, 5.41) is 5.79. The van der Waals surface area contributed by atoms with Gasteiger partial charge in [0.2, 0.25) is 5.91 Å². The smallest absolute Gasteiger partial charge is 0.251 e. The fourth-order valence-electron chi connectivity index (χ4n) is 3.38. The average Bonchev–Trinajstić information content (AvgIpc) is 2.60. The Bertz CT molecular complexity index is 519. The maximum Gasteiger partial charge on any atom is 0.251 e. The summed E-state index contributed by atoms with van der Waals surface area (Å²) in [4.78, 5) is 23.0. The van der Waals surface area contributed by atoms with Gasteiger partial charge in [-0.2, -0.15) is 0 Å². The predicted octanol–water partition coefficient (Wildman–Crippen LogP) is 3.46. The zero-order valence-corrected chi connectivity index (χ0v) is 14.8. The molecule has 1 aromatic carbocycles. The highest BCUT2D eigenvalue weighted by atomic mass is 16.2. The lowest BCUT2D eigenvalue weighted by atomic mass is 9.86. The first kappa shape index (κ1) is 18.5. The van der Waals surface area contributed by atoms with Gasteiger partial charge in [0.25, 0.3) is 5.91 Å². The van der Waals surface area contributed by atoms with Crippen molar-refractivity contribution in [1.29, 1.82) is 0 Å². The molecule has 0 saturated heterocycles. The zero-order valence-electron chi connectivity index (χ0n) is 14.8. The highest BCUT2D eigenvalue weighted by Crippen LogP contribution is 2.26. The van der Waals surface area contributed by atoms with E-state index in [0.717, 1.165) is 30.9 Å². The van der Waals surface area contributed by atoms with E-state index >= 15 is 0 Å². The molecule has 2 rings (SSSR count). The molecule has 1 aliphatic rings. The van der Waals surface area contributed by atoms with Crippen LogP contribution in [-0.2, 0) is 11.2 Å². The molecule has 0 unspecified atom stereocenters. The Morgan fingerprint density at radius 3 is 2.38 bits per heavy atom. The van der Waals surface area contributed by atoms with E-state index in [1.807, 2.05) is 24.3 Å². The summed E-state index contributed by atoms with van der Waals surface area (Å²) in [6.07, 6.45) is 9.99. The number of carbonyl (C=O) groups is 2. The molecule has 0 heterocycles. The predicted molar refractivity (Wildman–Crippen MR) is 97.0 cm³/mol. The van der Waals surface area contributed by atoms with Crippen LogP contribution < -0.4 is 10.6 Å². The normalized spacial score (nSPS) is 15.0. The third-order valence-corrected chi connectivity index (χ3v) is 4.80. The Labute approximate surface area is 145 Å². The number of carbonyl (C=O) groups excluding carboxylic acids is 2. The first-order valence-corrected chi connectivity index (χ1v) is 9.27. The Morgan fingerprint density at radius 1 is 1.00 bits per heavy atom. The van der Waals surface area contributed by atoms with E-state index in [2.05, 4.69) is 10.6 Å². The zero-order chi connectivity index (χ0) is 17.2. The lowest BCUT2D eigenvalue weighted by molar-refractivity contribution is -0.118. The lowest BCUT2D eigenvalue weighted by Gasteiger charge is -2.21. The van der Waals surface area contributed by atoms with Crippen LogP contribution in [0, 0.1) is 5.92 Å². The molecule has 0 aromatic heterocycles. The van der Waals surface area contributed by atoms with Crippen LogP contribution in [0.3, 0.4) is 0 Å². The van der Waals surface area contributed by atoms with Crippen LogP contribution in [0.2, 0.25) is 0 Å². The molecule has 132 valence electrons. The van der Waals surface area contributed by atoms with Gasteiger partial charge in [-0.3, -0.25) is 9.59 Å². The van der Waals surface area contributed by atoms with Crippen molar-refractivity contribution < 1.29 is 9.59 Å². The summed E-state index contributed by atoms with van der Waals surface area (Å²) in [7, 11) is 0. The molecule has 1 fully saturated rings. The second kappa shape index (κ2) is 10.1. The Kier molecular flexibility index (Phi) is 7.80. The summed E-state index contributed by atoms with van der Waals surface area (Å²) in [5.74, 6) is 0.866. The molecule has 2 N–H and O–H groups in total. The SMILES string of the molecule is CC(=O)NCCc1ccc(C(=O)NCCCC2CCCCC2)cc1. The second-order valence-electron chi connectivity index (χ2n) is 6.83. The van der Waals surface area contributed by atoms with Gasteiger partial charge in [-0.25, -0.2) is 0 Å². The lowest BCUT2D eigenvalue weighted by Crippen LogP contribution is -2.25. The van der Waals surface area contributed by atoms with Crippen molar-refractivity contribution in [2.45, 2.75) is 58.3 Å². The van der Waals surface area contributed by atoms with Crippen molar-refractivity contribution in [1.82, 2.24) is 10.6 Å². The van der Waals surface area contributed by atoms with E-state index in [0.29, 0.717) is 12.1 Å². The minimum atomic E-state index is -0.0146. The number of nitrogens with one attached hydrogen (secondary N) is 2. The third kappa shape index (κ3) is 6.73. The molecule has 0 bridgehead atoms. The molecule has 1 saturated carbocycles. The fourth-order valence-corrected chi connectivity index (χ4v) is 3.38. The van der Waals surface area contributed by atoms with E-state index in [1.165, 1.54) is 45.4 Å². The first-order valence-electron chi connectivity index (χ1n) is 9.27. The van der Waals surface area contributed by atoms with Crippen LogP contribution in [-0.4, -0.2) is 24.9 Å². The second-order valence-corrected chi connectivity index (χ2v) is 6.83. The largest absolute Gasteiger partial charge is 0.356 e. The molecular weight excluding hydrogens is 300 g/mol. The Morgan fingerprint density at radius 2 is 1.71 bits per heavy atom. The van der Waals surface area contributed by atoms with Crippen LogP contribution in [0.1, 0.15) is 67.8 Å². The molecule has 2 amide bonds. The van der Waals surface area contributed by atoms with Gasteiger partial charge in [-0.1, -0.05) is 44.2 Å². The third-order valence-electron chi connectivity index (χ3n) is 4.80. The van der Waals surface area contributed by atoms with Gasteiger partial charge in [-0.05, 0) is 42.9 Å². The van der Waals surface area contributed by atoms with Crippen LogP contribution in [0.25, 0.3) is 0 Å². The summed E-state index contributed by atoms with van der Waals surface area (Å²) in [6.45, 7) is 2.91. The van der Waals surface area contributed by atoms with Crippen molar-refractivity contribution in [2.75, 3.05) is 13.1 Å². The molecule has 1 aliphatic carbocycles. The molecule has 24 heavy (non-hydrogen) atoms. The van der Waals surface area contributed by atoms with Gasteiger partial charge < -0.3 is 10.6 Å². The maximum atomic E-state index is 12.1. The van der Waals surface area contributed by atoms with Crippen LogP contribution in [0.4, 0.5) is 0 Å². The molecular formula is C20H30N2O2. The van der Waals surface area contributed by atoms with Crippen molar-refractivity contribution in [3.05, 3.63) is 35.4 Å². The summed E-state index contributed by atoms with van der Waals surface area (Å²) >= 11 is 0. The quantitative estimate of drug-likeness (QED) is 0.717. The van der Waals surface area contributed by atoms with Gasteiger partial charge in [0, 0.05) is 25.6 Å². The van der Waals surface area contributed by atoms with Crippen LogP contribution >= 0.6 is 0 Å². The average molecular weight is 330 g/mol. The molecule has 0 atom stereocenters. The van der Waals surface area contributed by atoms with E-state index < -0.39 is 0 Å². The monoisotopic (exact) mass is 330 g/mol. The highest BCUT2D eigenvalue weighted by molar-refractivity contribution is 5.94. The molecule has 1 aromatic rings. The topological polar surface area (TPSA) is 58.2 Å². The number of hydrogen-bond donors (Lipinski definition) is 2. The van der Waals surface area contributed by atoms with Gasteiger partial charge in [0.15, 0.2) is 0 Å². The van der Waals surface area contributed by atoms with Crippen molar-refractivity contribution in [2.24, 2.45) is 5.92 Å².